The van der Waals surface area contributed by atoms with Gasteiger partial charge in [0.25, 0.3) is 0 Å². The Labute approximate surface area is 72.5 Å². The molecular formula is C9H17Br. The summed E-state index contributed by atoms with van der Waals surface area (Å²) in [5.41, 5.74) is 0.566. The highest BCUT2D eigenvalue weighted by Crippen LogP contribution is 2.44. The van der Waals surface area contributed by atoms with E-state index in [9.17, 15) is 0 Å². The maximum Gasteiger partial charge on any atom is 0.0235 e. The SMILES string of the molecule is CC1(C)CCCC(C)(Br)C1. The monoisotopic (exact) mass is 204 g/mol. The van der Waals surface area contributed by atoms with Gasteiger partial charge in [0, 0.05) is 4.32 Å². The highest BCUT2D eigenvalue weighted by molar-refractivity contribution is 9.10. The van der Waals surface area contributed by atoms with Crippen molar-refractivity contribution in [2.75, 3.05) is 0 Å². The van der Waals surface area contributed by atoms with E-state index >= 15 is 0 Å². The summed E-state index contributed by atoms with van der Waals surface area (Å²) in [5, 5.41) is 0. The van der Waals surface area contributed by atoms with Gasteiger partial charge in [-0.1, -0.05) is 36.2 Å². The molecule has 1 heteroatoms. The molecule has 60 valence electrons. The lowest BCUT2D eigenvalue weighted by Gasteiger charge is -2.39. The maximum atomic E-state index is 3.77. The third-order valence-electron chi connectivity index (χ3n) is 2.40. The first-order chi connectivity index (χ1) is 4.41. The van der Waals surface area contributed by atoms with Gasteiger partial charge in [0.15, 0.2) is 0 Å². The summed E-state index contributed by atoms with van der Waals surface area (Å²) in [7, 11) is 0. The van der Waals surface area contributed by atoms with E-state index in [1.165, 1.54) is 25.7 Å². The average molecular weight is 205 g/mol. The van der Waals surface area contributed by atoms with Crippen molar-refractivity contribution in [1.82, 2.24) is 0 Å². The summed E-state index contributed by atoms with van der Waals surface area (Å²) >= 11 is 3.77. The molecule has 0 nitrogen and oxygen atoms in total. The van der Waals surface area contributed by atoms with Gasteiger partial charge in [-0.05, 0) is 31.6 Å². The van der Waals surface area contributed by atoms with Crippen molar-refractivity contribution >= 4 is 15.9 Å². The van der Waals surface area contributed by atoms with E-state index in [0.717, 1.165) is 0 Å². The first-order valence-electron chi connectivity index (χ1n) is 4.10. The zero-order valence-electron chi connectivity index (χ0n) is 7.21. The summed E-state index contributed by atoms with van der Waals surface area (Å²) < 4.78 is 0.425. The molecule has 0 aliphatic heterocycles. The Balaban J connectivity index is 2.56. The molecule has 1 rings (SSSR count). The van der Waals surface area contributed by atoms with Crippen LogP contribution < -0.4 is 0 Å². The molecule has 1 atom stereocenters. The molecule has 0 aromatic carbocycles. The molecule has 1 fully saturated rings. The largest absolute Gasteiger partial charge is 0.0856 e. The highest BCUT2D eigenvalue weighted by atomic mass is 79.9. The van der Waals surface area contributed by atoms with E-state index in [4.69, 9.17) is 0 Å². The first-order valence-corrected chi connectivity index (χ1v) is 4.90. The molecule has 0 radical (unpaired) electrons. The zero-order valence-corrected chi connectivity index (χ0v) is 8.79. The van der Waals surface area contributed by atoms with Crippen LogP contribution in [0.2, 0.25) is 0 Å². The van der Waals surface area contributed by atoms with Gasteiger partial charge in [-0.3, -0.25) is 0 Å². The Morgan fingerprint density at radius 2 is 1.70 bits per heavy atom. The predicted octanol–water partition coefficient (Wildman–Crippen LogP) is 3.74. The van der Waals surface area contributed by atoms with Crippen molar-refractivity contribution in [2.24, 2.45) is 5.41 Å². The zero-order chi connectivity index (χ0) is 7.83. The quantitative estimate of drug-likeness (QED) is 0.528. The van der Waals surface area contributed by atoms with E-state index < -0.39 is 0 Å². The molecule has 0 aromatic heterocycles. The van der Waals surface area contributed by atoms with Crippen molar-refractivity contribution in [3.63, 3.8) is 0 Å². The lowest BCUT2D eigenvalue weighted by atomic mass is 9.73. The van der Waals surface area contributed by atoms with Crippen LogP contribution in [-0.2, 0) is 0 Å². The van der Waals surface area contributed by atoms with Crippen LogP contribution in [-0.4, -0.2) is 4.32 Å². The number of hydrogen-bond donors (Lipinski definition) is 0. The van der Waals surface area contributed by atoms with Crippen LogP contribution in [0.3, 0.4) is 0 Å². The van der Waals surface area contributed by atoms with Gasteiger partial charge >= 0.3 is 0 Å². The molecule has 1 aliphatic rings. The Morgan fingerprint density at radius 1 is 1.10 bits per heavy atom. The summed E-state index contributed by atoms with van der Waals surface area (Å²) in [4.78, 5) is 0. The number of hydrogen-bond acceptors (Lipinski definition) is 0. The van der Waals surface area contributed by atoms with Crippen LogP contribution in [0.25, 0.3) is 0 Å². The van der Waals surface area contributed by atoms with Crippen LogP contribution >= 0.6 is 15.9 Å². The van der Waals surface area contributed by atoms with Crippen molar-refractivity contribution in [3.05, 3.63) is 0 Å². The molecule has 0 amide bonds. The number of alkyl halides is 1. The minimum atomic E-state index is 0.425. The minimum absolute atomic E-state index is 0.425. The Hall–Kier alpha value is 0.480. The third kappa shape index (κ3) is 2.26. The van der Waals surface area contributed by atoms with Gasteiger partial charge in [0.2, 0.25) is 0 Å². The fourth-order valence-electron chi connectivity index (χ4n) is 2.11. The summed E-state index contributed by atoms with van der Waals surface area (Å²) in [6.07, 6.45) is 5.44. The molecule has 0 aromatic rings. The average Bonchev–Trinajstić information content (AvgIpc) is 1.56. The fourth-order valence-corrected chi connectivity index (χ4v) is 3.15. The molecule has 10 heavy (non-hydrogen) atoms. The van der Waals surface area contributed by atoms with Gasteiger partial charge in [0.05, 0.1) is 0 Å². The van der Waals surface area contributed by atoms with Gasteiger partial charge in [-0.2, -0.15) is 0 Å². The first kappa shape index (κ1) is 8.58. The van der Waals surface area contributed by atoms with Gasteiger partial charge in [-0.25, -0.2) is 0 Å². The molecule has 0 saturated heterocycles. The summed E-state index contributed by atoms with van der Waals surface area (Å²) in [6, 6.07) is 0. The second-order valence-corrected chi connectivity index (χ2v) is 6.52. The summed E-state index contributed by atoms with van der Waals surface area (Å²) in [5.74, 6) is 0. The van der Waals surface area contributed by atoms with Crippen LogP contribution in [0.15, 0.2) is 0 Å². The van der Waals surface area contributed by atoms with Crippen molar-refractivity contribution < 1.29 is 0 Å². The number of rotatable bonds is 0. The Kier molecular flexibility index (Phi) is 2.15. The molecule has 0 heterocycles. The lowest BCUT2D eigenvalue weighted by Crippen LogP contribution is -2.30. The highest BCUT2D eigenvalue weighted by Gasteiger charge is 2.34. The minimum Gasteiger partial charge on any atom is -0.0856 e. The lowest BCUT2D eigenvalue weighted by molar-refractivity contribution is 0.214. The van der Waals surface area contributed by atoms with Gasteiger partial charge in [0.1, 0.15) is 0 Å². The summed E-state index contributed by atoms with van der Waals surface area (Å²) in [6.45, 7) is 7.05. The maximum absolute atomic E-state index is 3.77. The standard InChI is InChI=1S/C9H17Br/c1-8(2)5-4-6-9(3,10)7-8/h4-7H2,1-3H3. The van der Waals surface area contributed by atoms with Gasteiger partial charge in [-0.15, -0.1) is 0 Å². The number of halogens is 1. The molecule has 0 bridgehead atoms. The van der Waals surface area contributed by atoms with Crippen LogP contribution in [0.4, 0.5) is 0 Å². The van der Waals surface area contributed by atoms with Crippen molar-refractivity contribution in [3.8, 4) is 0 Å². The van der Waals surface area contributed by atoms with E-state index in [2.05, 4.69) is 36.7 Å². The molecule has 0 N–H and O–H groups in total. The van der Waals surface area contributed by atoms with Crippen LogP contribution in [0.1, 0.15) is 46.5 Å². The fraction of sp³-hybridized carbons (Fsp3) is 1.00. The van der Waals surface area contributed by atoms with Crippen LogP contribution in [0, 0.1) is 5.41 Å². The van der Waals surface area contributed by atoms with Gasteiger partial charge < -0.3 is 0 Å². The normalized spacial score (nSPS) is 39.6. The van der Waals surface area contributed by atoms with E-state index in [0.29, 0.717) is 9.74 Å². The Morgan fingerprint density at radius 3 is 2.00 bits per heavy atom. The van der Waals surface area contributed by atoms with Crippen molar-refractivity contribution in [2.45, 2.75) is 50.8 Å². The van der Waals surface area contributed by atoms with E-state index in [-0.39, 0.29) is 0 Å². The second-order valence-electron chi connectivity index (χ2n) is 4.61. The molecule has 1 unspecified atom stereocenters. The Bertz CT molecular complexity index is 111. The molecule has 0 spiro atoms. The molecule has 1 saturated carbocycles. The van der Waals surface area contributed by atoms with E-state index in [1.54, 1.807) is 0 Å². The topological polar surface area (TPSA) is 0 Å². The molecular weight excluding hydrogens is 188 g/mol. The predicted molar refractivity (Wildman–Crippen MR) is 49.6 cm³/mol. The second kappa shape index (κ2) is 2.51. The van der Waals surface area contributed by atoms with E-state index in [1.807, 2.05) is 0 Å². The van der Waals surface area contributed by atoms with Crippen LogP contribution in [0.5, 0.6) is 0 Å². The van der Waals surface area contributed by atoms with Crippen molar-refractivity contribution in [1.29, 1.82) is 0 Å². The molecule has 1 aliphatic carbocycles. The third-order valence-corrected chi connectivity index (χ3v) is 3.08. The smallest absolute Gasteiger partial charge is 0.0235 e.